The van der Waals surface area contributed by atoms with Crippen molar-refractivity contribution in [1.29, 1.82) is 0 Å². The number of aliphatic hydroxyl groups is 2. The van der Waals surface area contributed by atoms with E-state index in [1.165, 1.54) is 5.56 Å². The van der Waals surface area contributed by atoms with E-state index in [4.69, 9.17) is 14.6 Å². The van der Waals surface area contributed by atoms with E-state index in [2.05, 4.69) is 18.3 Å². The molecule has 8 nitrogen and oxygen atoms in total. The summed E-state index contributed by atoms with van der Waals surface area (Å²) < 4.78 is 89.1. The SMILES string of the molecule is C[C@]12CC[C@@H]3c4ccc(OC(=O)N5CCC(NCCO)CC5)cc4C[C@@H](CCCS(=O)CCCC(F)(F)C(F)(F)F)[C@H]3[C@@H]1CC[C@@H]2OCCO. The normalized spacial score (nSPS) is 29.3. The first kappa shape index (κ1) is 39.3. The number of hydrogen-bond donors (Lipinski definition) is 3. The molecule has 5 rings (SSSR count). The molecule has 1 amide bonds. The molecule has 1 aliphatic heterocycles. The van der Waals surface area contributed by atoms with Crippen LogP contribution in [0.25, 0.3) is 0 Å². The van der Waals surface area contributed by atoms with E-state index < -0.39 is 35.7 Å². The summed E-state index contributed by atoms with van der Waals surface area (Å²) >= 11 is 0. The van der Waals surface area contributed by atoms with Crippen LogP contribution in [0.2, 0.25) is 0 Å². The van der Waals surface area contributed by atoms with Crippen LogP contribution < -0.4 is 10.1 Å². The number of alkyl halides is 5. The van der Waals surface area contributed by atoms with E-state index in [-0.39, 0.29) is 60.2 Å². The van der Waals surface area contributed by atoms with Crippen molar-refractivity contribution >= 4 is 16.9 Å². The van der Waals surface area contributed by atoms with Crippen LogP contribution >= 0.6 is 0 Å². The lowest BCUT2D eigenvalue weighted by Crippen LogP contribution is -2.48. The largest absolute Gasteiger partial charge is 0.453 e. The standard InChI is InChI=1S/C36H53F5N2O6S/c1-34-13-9-29-28-6-5-27(49-33(46)43-15-10-26(11-16-43)42-14-17-44)23-25(28)22-24(32(29)30(34)7-8-31(34)48-19-18-45)4-2-20-50(47)21-3-12-35(37,38)36(39,40)41/h5-6,23-24,26,29-32,42,44-45H,2-4,7-22H2,1H3/t24-,29-,30+,31+,32-,34+,50?/m1/s1. The van der Waals surface area contributed by atoms with Crippen LogP contribution in [0.4, 0.5) is 26.7 Å². The van der Waals surface area contributed by atoms with Crippen LogP contribution in [-0.4, -0.2) is 101 Å². The maximum atomic E-state index is 13.3. The second-order valence-corrected chi connectivity index (χ2v) is 16.6. The van der Waals surface area contributed by atoms with Crippen molar-refractivity contribution in [1.82, 2.24) is 10.2 Å². The molecular weight excluding hydrogens is 683 g/mol. The molecule has 1 saturated heterocycles. The van der Waals surface area contributed by atoms with Gasteiger partial charge in [-0.3, -0.25) is 4.21 Å². The number of piperidine rings is 1. The molecule has 3 N–H and O–H groups in total. The van der Waals surface area contributed by atoms with Gasteiger partial charge in [-0.2, -0.15) is 22.0 Å². The summed E-state index contributed by atoms with van der Waals surface area (Å²) in [5, 5.41) is 21.8. The highest BCUT2D eigenvalue weighted by atomic mass is 32.2. The summed E-state index contributed by atoms with van der Waals surface area (Å²) in [6.45, 7) is 4.29. The average Bonchev–Trinajstić information content (AvgIpc) is 3.41. The second-order valence-electron chi connectivity index (χ2n) is 14.9. The Morgan fingerprint density at radius 3 is 2.48 bits per heavy atom. The monoisotopic (exact) mass is 736 g/mol. The number of likely N-dealkylation sites (tertiary alicyclic amines) is 1. The Kier molecular flexibility index (Phi) is 13.3. The van der Waals surface area contributed by atoms with Gasteiger partial charge in [0.2, 0.25) is 0 Å². The van der Waals surface area contributed by atoms with E-state index in [1.807, 2.05) is 12.1 Å². The highest BCUT2D eigenvalue weighted by Gasteiger charge is 2.58. The molecule has 1 unspecified atom stereocenters. The molecule has 0 bridgehead atoms. The van der Waals surface area contributed by atoms with Gasteiger partial charge >= 0.3 is 18.2 Å². The van der Waals surface area contributed by atoms with Crippen molar-refractivity contribution in [3.8, 4) is 5.75 Å². The Hall–Kier alpha value is -1.87. The fourth-order valence-electron chi connectivity index (χ4n) is 9.44. The number of amides is 1. The Morgan fingerprint density at radius 1 is 1.04 bits per heavy atom. The lowest BCUT2D eigenvalue weighted by molar-refractivity contribution is -0.284. The third-order valence-corrected chi connectivity index (χ3v) is 13.4. The smallest absolute Gasteiger partial charge is 0.410 e. The van der Waals surface area contributed by atoms with Crippen molar-refractivity contribution in [2.75, 3.05) is 51.0 Å². The maximum absolute atomic E-state index is 13.3. The van der Waals surface area contributed by atoms with Gasteiger partial charge in [0.15, 0.2) is 0 Å². The van der Waals surface area contributed by atoms with Crippen LogP contribution in [0.1, 0.15) is 88.2 Å². The summed E-state index contributed by atoms with van der Waals surface area (Å²) in [5.41, 5.74) is 2.34. The molecule has 50 heavy (non-hydrogen) atoms. The summed E-state index contributed by atoms with van der Waals surface area (Å²) in [6.07, 6.45) is -0.305. The number of hydrogen-bond acceptors (Lipinski definition) is 7. The predicted molar refractivity (Wildman–Crippen MR) is 180 cm³/mol. The number of fused-ring (bicyclic) bond motifs is 5. The molecule has 2 saturated carbocycles. The lowest BCUT2D eigenvalue weighted by Gasteiger charge is -2.53. The summed E-state index contributed by atoms with van der Waals surface area (Å²) in [6, 6.07) is 6.20. The molecule has 1 aromatic rings. The van der Waals surface area contributed by atoms with Crippen LogP contribution in [-0.2, 0) is 22.0 Å². The van der Waals surface area contributed by atoms with Crippen LogP contribution in [0.3, 0.4) is 0 Å². The summed E-state index contributed by atoms with van der Waals surface area (Å²) in [7, 11) is -1.50. The number of ether oxygens (including phenoxy) is 2. The average molecular weight is 737 g/mol. The van der Waals surface area contributed by atoms with Gasteiger partial charge in [0.1, 0.15) is 5.75 Å². The minimum absolute atomic E-state index is 0.0304. The van der Waals surface area contributed by atoms with Gasteiger partial charge < -0.3 is 29.9 Å². The van der Waals surface area contributed by atoms with Crippen LogP contribution in [0.5, 0.6) is 5.75 Å². The van der Waals surface area contributed by atoms with Gasteiger partial charge in [-0.15, -0.1) is 0 Å². The van der Waals surface area contributed by atoms with E-state index >= 15 is 0 Å². The number of nitrogens with zero attached hydrogens (tertiary/aromatic N) is 1. The highest BCUT2D eigenvalue weighted by Crippen LogP contribution is 2.63. The molecular formula is C36H53F5N2O6S. The number of halogens is 5. The first-order chi connectivity index (χ1) is 23.8. The highest BCUT2D eigenvalue weighted by molar-refractivity contribution is 7.84. The van der Waals surface area contributed by atoms with Gasteiger partial charge in [0.25, 0.3) is 0 Å². The fraction of sp³-hybridized carbons (Fsp3) is 0.806. The van der Waals surface area contributed by atoms with E-state index in [1.54, 1.807) is 4.90 Å². The number of nitrogens with one attached hydrogen (secondary N) is 1. The van der Waals surface area contributed by atoms with Gasteiger partial charge in [-0.25, -0.2) is 4.79 Å². The van der Waals surface area contributed by atoms with Crippen molar-refractivity contribution in [3.05, 3.63) is 29.3 Å². The molecule has 1 aromatic carbocycles. The first-order valence-corrected chi connectivity index (χ1v) is 19.7. The van der Waals surface area contributed by atoms with E-state index in [0.29, 0.717) is 50.2 Å². The molecule has 4 aliphatic rings. The Labute approximate surface area is 294 Å². The Bertz CT molecular complexity index is 1310. The number of carbonyl (C=O) groups is 1. The molecule has 284 valence electrons. The molecule has 0 spiro atoms. The van der Waals surface area contributed by atoms with Crippen LogP contribution in [0.15, 0.2) is 18.2 Å². The fourth-order valence-corrected chi connectivity index (χ4v) is 10.6. The number of benzene rings is 1. The lowest BCUT2D eigenvalue weighted by atomic mass is 9.52. The Morgan fingerprint density at radius 2 is 1.78 bits per heavy atom. The molecule has 0 aromatic heterocycles. The number of rotatable bonds is 15. The van der Waals surface area contributed by atoms with Gasteiger partial charge in [0.05, 0.1) is 25.9 Å². The van der Waals surface area contributed by atoms with E-state index in [9.17, 15) is 36.1 Å². The minimum atomic E-state index is -5.60. The summed E-state index contributed by atoms with van der Waals surface area (Å²) in [4.78, 5) is 14.8. The molecule has 3 fully saturated rings. The second kappa shape index (κ2) is 16.9. The zero-order valence-electron chi connectivity index (χ0n) is 28.9. The first-order valence-electron chi connectivity index (χ1n) is 18.2. The third kappa shape index (κ3) is 9.01. The topological polar surface area (TPSA) is 108 Å². The quantitative estimate of drug-likeness (QED) is 0.184. The van der Waals surface area contributed by atoms with Crippen LogP contribution in [0, 0.1) is 23.2 Å². The molecule has 3 aliphatic carbocycles. The molecule has 7 atom stereocenters. The minimum Gasteiger partial charge on any atom is -0.410 e. The maximum Gasteiger partial charge on any atom is 0.453 e. The van der Waals surface area contributed by atoms with Gasteiger partial charge in [-0.05, 0) is 117 Å². The van der Waals surface area contributed by atoms with Crippen molar-refractivity contribution in [2.24, 2.45) is 23.2 Å². The predicted octanol–water partition coefficient (Wildman–Crippen LogP) is 6.20. The molecule has 0 radical (unpaired) electrons. The van der Waals surface area contributed by atoms with Gasteiger partial charge in [-0.1, -0.05) is 13.0 Å². The third-order valence-electron chi connectivity index (χ3n) is 11.9. The molecule has 1 heterocycles. The number of aliphatic hydroxyl groups excluding tert-OH is 2. The Balaban J connectivity index is 1.26. The van der Waals surface area contributed by atoms with Crippen molar-refractivity contribution < 1.29 is 50.6 Å². The number of carbonyl (C=O) groups excluding carboxylic acids is 1. The van der Waals surface area contributed by atoms with Crippen molar-refractivity contribution in [2.45, 2.75) is 108 Å². The summed E-state index contributed by atoms with van der Waals surface area (Å²) in [5.74, 6) is -3.03. The van der Waals surface area contributed by atoms with Crippen molar-refractivity contribution in [3.63, 3.8) is 0 Å². The zero-order valence-corrected chi connectivity index (χ0v) is 29.7. The van der Waals surface area contributed by atoms with Gasteiger partial charge in [0, 0.05) is 54.4 Å². The van der Waals surface area contributed by atoms with E-state index in [0.717, 1.165) is 56.9 Å². The zero-order chi connectivity index (χ0) is 36.1. The molecule has 14 heteroatoms.